The molecule has 2 aromatic rings. The number of carbonyl (C=O) groups is 1. The zero-order chi connectivity index (χ0) is 14.2. The molecule has 0 aliphatic heterocycles. The molecule has 7 nitrogen and oxygen atoms in total. The van der Waals surface area contributed by atoms with Gasteiger partial charge < -0.3 is 14.3 Å². The minimum atomic E-state index is -1.07. The Morgan fingerprint density at radius 1 is 1.58 bits per heavy atom. The summed E-state index contributed by atoms with van der Waals surface area (Å²) < 4.78 is 10.1. The second-order valence-electron chi connectivity index (χ2n) is 3.70. The van der Waals surface area contributed by atoms with E-state index < -0.39 is 10.9 Å². The van der Waals surface area contributed by atoms with Gasteiger partial charge >= 0.3 is 11.7 Å². The summed E-state index contributed by atoms with van der Waals surface area (Å²) in [5.41, 5.74) is -0.190. The summed E-state index contributed by atoms with van der Waals surface area (Å²) in [6, 6.07) is 2.59. The lowest BCUT2D eigenvalue weighted by Crippen LogP contribution is -1.97. The molecule has 1 N–H and O–H groups in total. The van der Waals surface area contributed by atoms with Crippen LogP contribution in [0.1, 0.15) is 5.76 Å². The predicted octanol–water partition coefficient (Wildman–Crippen LogP) is 2.63. The van der Waals surface area contributed by atoms with E-state index >= 15 is 0 Å². The number of nitrogens with zero attached hydrogens (tertiary/aromatic N) is 1. The largest absolute Gasteiger partial charge is 0.489 e. The number of halogens is 1. The van der Waals surface area contributed by atoms with Crippen LogP contribution in [0.4, 0.5) is 5.69 Å². The third-order valence-electron chi connectivity index (χ3n) is 2.47. The Morgan fingerprint density at radius 2 is 2.26 bits per heavy atom. The number of rotatable bonds is 4. The van der Waals surface area contributed by atoms with E-state index in [0.29, 0.717) is 5.39 Å². The first kappa shape index (κ1) is 13.2. The smallest absolute Gasteiger partial charge is 0.316 e. The number of nitro benzene ring substituents is 1. The Kier molecular flexibility index (Phi) is 3.30. The fourth-order valence-corrected chi connectivity index (χ4v) is 2.05. The number of fused-ring (bicyclic) bond motifs is 1. The van der Waals surface area contributed by atoms with Crippen molar-refractivity contribution in [3.63, 3.8) is 0 Å². The highest BCUT2D eigenvalue weighted by molar-refractivity contribution is 6.37. The Balaban J connectivity index is 2.68. The third-order valence-corrected chi connectivity index (χ3v) is 2.85. The molecule has 0 saturated heterocycles. The minimum Gasteiger partial charge on any atom is -0.489 e. The normalized spacial score (nSPS) is 10.6. The van der Waals surface area contributed by atoms with Crippen LogP contribution >= 0.6 is 11.6 Å². The SMILES string of the molecule is COc1c([N+](=O)[O-])cc2oc(CC(=O)O)cc2c1Cl. The van der Waals surface area contributed by atoms with Crippen molar-refractivity contribution in [1.82, 2.24) is 0 Å². The molecule has 1 aromatic carbocycles. The van der Waals surface area contributed by atoms with Gasteiger partial charge in [0.1, 0.15) is 22.8 Å². The molecular formula is C11H8ClNO6. The van der Waals surface area contributed by atoms with Gasteiger partial charge in [0.05, 0.1) is 18.1 Å². The Bertz CT molecular complexity index is 677. The predicted molar refractivity (Wildman–Crippen MR) is 65.8 cm³/mol. The average molecular weight is 286 g/mol. The summed E-state index contributed by atoms with van der Waals surface area (Å²) in [5, 5.41) is 20.0. The van der Waals surface area contributed by atoms with Gasteiger partial charge in [0.2, 0.25) is 5.75 Å². The zero-order valence-electron chi connectivity index (χ0n) is 9.68. The topological polar surface area (TPSA) is 103 Å². The van der Waals surface area contributed by atoms with Crippen molar-refractivity contribution in [1.29, 1.82) is 0 Å². The van der Waals surface area contributed by atoms with Crippen LogP contribution in [0.25, 0.3) is 11.0 Å². The van der Waals surface area contributed by atoms with Crippen LogP contribution < -0.4 is 4.74 Å². The molecule has 1 heterocycles. The van der Waals surface area contributed by atoms with E-state index in [2.05, 4.69) is 0 Å². The van der Waals surface area contributed by atoms with Crippen LogP contribution in [-0.2, 0) is 11.2 Å². The van der Waals surface area contributed by atoms with Crippen LogP contribution in [-0.4, -0.2) is 23.1 Å². The lowest BCUT2D eigenvalue weighted by atomic mass is 10.2. The molecular weight excluding hydrogens is 278 g/mol. The Morgan fingerprint density at radius 3 is 2.79 bits per heavy atom. The zero-order valence-corrected chi connectivity index (χ0v) is 10.4. The minimum absolute atomic E-state index is 0.0205. The number of hydrogen-bond donors (Lipinski definition) is 1. The fourth-order valence-electron chi connectivity index (χ4n) is 1.73. The van der Waals surface area contributed by atoms with E-state index in [9.17, 15) is 14.9 Å². The number of hydrogen-bond acceptors (Lipinski definition) is 5. The highest BCUT2D eigenvalue weighted by Crippen LogP contribution is 2.41. The van der Waals surface area contributed by atoms with Gasteiger partial charge in [-0.05, 0) is 6.07 Å². The fraction of sp³-hybridized carbons (Fsp3) is 0.182. The van der Waals surface area contributed by atoms with Crippen LogP contribution in [0.5, 0.6) is 5.75 Å². The second kappa shape index (κ2) is 4.77. The van der Waals surface area contributed by atoms with Crippen molar-refractivity contribution in [3.05, 3.63) is 33.0 Å². The molecule has 0 atom stereocenters. The summed E-state index contributed by atoms with van der Waals surface area (Å²) >= 11 is 6.00. The first-order valence-corrected chi connectivity index (χ1v) is 5.47. The maximum absolute atomic E-state index is 10.9. The van der Waals surface area contributed by atoms with Crippen molar-refractivity contribution in [2.75, 3.05) is 7.11 Å². The lowest BCUT2D eigenvalue weighted by molar-refractivity contribution is -0.385. The molecule has 0 aliphatic carbocycles. The van der Waals surface area contributed by atoms with Gasteiger partial charge in [0.15, 0.2) is 0 Å². The monoisotopic (exact) mass is 285 g/mol. The molecule has 0 aliphatic rings. The molecule has 0 saturated carbocycles. The molecule has 100 valence electrons. The molecule has 0 bridgehead atoms. The van der Waals surface area contributed by atoms with Gasteiger partial charge in [0, 0.05) is 5.39 Å². The third kappa shape index (κ3) is 2.32. The molecule has 0 radical (unpaired) electrons. The van der Waals surface area contributed by atoms with Gasteiger partial charge in [-0.1, -0.05) is 11.6 Å². The Labute approximate surface area is 111 Å². The average Bonchev–Trinajstić information content (AvgIpc) is 2.70. The summed E-state index contributed by atoms with van der Waals surface area (Å²) in [4.78, 5) is 20.8. The van der Waals surface area contributed by atoms with E-state index in [1.165, 1.54) is 13.2 Å². The lowest BCUT2D eigenvalue weighted by Gasteiger charge is -2.03. The number of carboxylic acids is 1. The molecule has 0 unspecified atom stereocenters. The van der Waals surface area contributed by atoms with E-state index in [4.69, 9.17) is 25.9 Å². The van der Waals surface area contributed by atoms with Gasteiger partial charge in [-0.3, -0.25) is 14.9 Å². The number of aliphatic carboxylic acids is 1. The van der Waals surface area contributed by atoms with Crippen LogP contribution in [0, 0.1) is 10.1 Å². The molecule has 19 heavy (non-hydrogen) atoms. The van der Waals surface area contributed by atoms with Crippen molar-refractivity contribution in [2.24, 2.45) is 0 Å². The Hall–Kier alpha value is -2.28. The summed E-state index contributed by atoms with van der Waals surface area (Å²) in [6.07, 6.45) is -0.332. The number of nitro groups is 1. The highest BCUT2D eigenvalue weighted by atomic mass is 35.5. The van der Waals surface area contributed by atoms with E-state index in [1.807, 2.05) is 0 Å². The first-order chi connectivity index (χ1) is 8.93. The number of benzene rings is 1. The molecule has 2 rings (SSSR count). The maximum atomic E-state index is 10.9. The highest BCUT2D eigenvalue weighted by Gasteiger charge is 2.24. The molecule has 1 aromatic heterocycles. The van der Waals surface area contributed by atoms with E-state index in [-0.39, 0.29) is 34.2 Å². The number of furan rings is 1. The number of ether oxygens (including phenoxy) is 1. The second-order valence-corrected chi connectivity index (χ2v) is 4.07. The molecule has 8 heteroatoms. The van der Waals surface area contributed by atoms with Crippen LogP contribution in [0.2, 0.25) is 5.02 Å². The van der Waals surface area contributed by atoms with Crippen molar-refractivity contribution < 1.29 is 24.0 Å². The van der Waals surface area contributed by atoms with E-state index in [1.54, 1.807) is 0 Å². The van der Waals surface area contributed by atoms with Crippen LogP contribution in [0.15, 0.2) is 16.5 Å². The maximum Gasteiger partial charge on any atom is 0.316 e. The quantitative estimate of drug-likeness (QED) is 0.684. The molecule has 0 fully saturated rings. The van der Waals surface area contributed by atoms with Gasteiger partial charge in [-0.25, -0.2) is 0 Å². The molecule has 0 spiro atoms. The van der Waals surface area contributed by atoms with Crippen molar-refractivity contribution in [3.8, 4) is 5.75 Å². The molecule has 0 amide bonds. The van der Waals surface area contributed by atoms with Crippen molar-refractivity contribution in [2.45, 2.75) is 6.42 Å². The van der Waals surface area contributed by atoms with Gasteiger partial charge in [0.25, 0.3) is 0 Å². The summed E-state index contributed by atoms with van der Waals surface area (Å²) in [7, 11) is 1.26. The number of carboxylic acid groups (broad SMARTS) is 1. The standard InChI is InChI=1S/C11H8ClNO6/c1-18-11-7(13(16)17)4-8-6(10(11)12)2-5(19-8)3-9(14)15/h2,4H,3H2,1H3,(H,14,15). The summed E-state index contributed by atoms with van der Waals surface area (Å²) in [5.74, 6) is -0.995. The van der Waals surface area contributed by atoms with Gasteiger partial charge in [-0.2, -0.15) is 0 Å². The van der Waals surface area contributed by atoms with Gasteiger partial charge in [-0.15, -0.1) is 0 Å². The number of methoxy groups -OCH3 is 1. The first-order valence-electron chi connectivity index (χ1n) is 5.09. The van der Waals surface area contributed by atoms with Crippen molar-refractivity contribution >= 4 is 34.2 Å². The van der Waals surface area contributed by atoms with Crippen LogP contribution in [0.3, 0.4) is 0 Å². The van der Waals surface area contributed by atoms with E-state index in [0.717, 1.165) is 6.07 Å². The summed E-state index contributed by atoms with van der Waals surface area (Å²) in [6.45, 7) is 0.